The van der Waals surface area contributed by atoms with Gasteiger partial charge in [-0.2, -0.15) is 0 Å². The molecule has 0 bridgehead atoms. The first-order chi connectivity index (χ1) is 12.6. The second kappa shape index (κ2) is 7.86. The molecule has 2 aliphatic heterocycles. The summed E-state index contributed by atoms with van der Waals surface area (Å²) in [6, 6.07) is 9.28. The minimum absolute atomic E-state index is 0.175. The van der Waals surface area contributed by atoms with Gasteiger partial charge in [0.05, 0.1) is 0 Å². The Balaban J connectivity index is 1.56. The monoisotopic (exact) mass is 359 g/mol. The third-order valence-corrected chi connectivity index (χ3v) is 5.12. The van der Waals surface area contributed by atoms with E-state index in [1.54, 1.807) is 4.90 Å². The van der Waals surface area contributed by atoms with Crippen LogP contribution in [-0.2, 0) is 19.1 Å². The van der Waals surface area contributed by atoms with Crippen molar-refractivity contribution in [2.45, 2.75) is 31.3 Å². The summed E-state index contributed by atoms with van der Waals surface area (Å²) in [5.74, 6) is -0.566. The molecule has 26 heavy (non-hydrogen) atoms. The molecule has 1 atom stereocenters. The standard InChI is InChI=1S/C19H25N3O4/c1-26-19(10-14-22(18(19)25)15-7-3-2-4-8-15)17(24)20-11-6-13-21-12-5-9-16(21)23/h2-4,7-8H,5-6,9-14H2,1H3,(H,20,24)/t19-/m0/s1. The fraction of sp³-hybridized carbons (Fsp3) is 0.526. The third-order valence-electron chi connectivity index (χ3n) is 5.12. The normalized spacial score (nSPS) is 23.0. The molecule has 2 fully saturated rings. The molecule has 2 aliphatic rings. The van der Waals surface area contributed by atoms with Crippen LogP contribution in [0.2, 0.25) is 0 Å². The van der Waals surface area contributed by atoms with Crippen molar-refractivity contribution in [1.29, 1.82) is 0 Å². The van der Waals surface area contributed by atoms with Gasteiger partial charge in [0.1, 0.15) is 0 Å². The Bertz CT molecular complexity index is 679. The highest BCUT2D eigenvalue weighted by atomic mass is 16.5. The topological polar surface area (TPSA) is 79.0 Å². The molecule has 0 spiro atoms. The Hall–Kier alpha value is -2.41. The van der Waals surface area contributed by atoms with Gasteiger partial charge in [-0.05, 0) is 25.0 Å². The van der Waals surface area contributed by atoms with Crippen LogP contribution in [0.3, 0.4) is 0 Å². The number of likely N-dealkylation sites (tertiary alicyclic amines) is 1. The summed E-state index contributed by atoms with van der Waals surface area (Å²) >= 11 is 0. The van der Waals surface area contributed by atoms with E-state index in [0.717, 1.165) is 18.7 Å². The maximum atomic E-state index is 12.9. The minimum Gasteiger partial charge on any atom is -0.359 e. The number of ether oxygens (including phenoxy) is 1. The van der Waals surface area contributed by atoms with Crippen molar-refractivity contribution in [2.24, 2.45) is 0 Å². The number of hydrogen-bond donors (Lipinski definition) is 1. The molecule has 2 heterocycles. The van der Waals surface area contributed by atoms with E-state index in [-0.39, 0.29) is 11.8 Å². The van der Waals surface area contributed by atoms with E-state index >= 15 is 0 Å². The lowest BCUT2D eigenvalue weighted by Crippen LogP contribution is -2.54. The number of anilines is 1. The zero-order valence-electron chi connectivity index (χ0n) is 15.1. The number of nitrogens with zero attached hydrogens (tertiary/aromatic N) is 2. The van der Waals surface area contributed by atoms with E-state index in [4.69, 9.17) is 4.74 Å². The molecule has 3 amide bonds. The highest BCUT2D eigenvalue weighted by Gasteiger charge is 2.53. The zero-order chi connectivity index (χ0) is 18.6. The summed E-state index contributed by atoms with van der Waals surface area (Å²) in [4.78, 5) is 40.6. The Morgan fingerprint density at radius 1 is 1.23 bits per heavy atom. The summed E-state index contributed by atoms with van der Waals surface area (Å²) in [7, 11) is 1.40. The second-order valence-corrected chi connectivity index (χ2v) is 6.67. The molecule has 0 radical (unpaired) electrons. The van der Waals surface area contributed by atoms with Crippen LogP contribution in [0.5, 0.6) is 0 Å². The quantitative estimate of drug-likeness (QED) is 0.580. The molecule has 7 nitrogen and oxygen atoms in total. The van der Waals surface area contributed by atoms with Crippen molar-refractivity contribution in [3.63, 3.8) is 0 Å². The Kier molecular flexibility index (Phi) is 5.56. The fourth-order valence-electron chi connectivity index (χ4n) is 3.60. The summed E-state index contributed by atoms with van der Waals surface area (Å²) in [5, 5.41) is 2.81. The number of benzene rings is 1. The summed E-state index contributed by atoms with van der Waals surface area (Å²) in [6.07, 6.45) is 2.49. The fourth-order valence-corrected chi connectivity index (χ4v) is 3.60. The van der Waals surface area contributed by atoms with Crippen molar-refractivity contribution in [2.75, 3.05) is 38.2 Å². The van der Waals surface area contributed by atoms with Crippen LogP contribution in [0, 0.1) is 0 Å². The van der Waals surface area contributed by atoms with Gasteiger partial charge in [-0.3, -0.25) is 14.4 Å². The maximum Gasteiger partial charge on any atom is 0.269 e. The summed E-state index contributed by atoms with van der Waals surface area (Å²) < 4.78 is 5.40. The molecule has 0 aliphatic carbocycles. The molecule has 1 aromatic rings. The Labute approximate surface area is 153 Å². The number of amides is 3. The van der Waals surface area contributed by atoms with E-state index in [1.165, 1.54) is 7.11 Å². The zero-order valence-corrected chi connectivity index (χ0v) is 15.1. The van der Waals surface area contributed by atoms with Gasteiger partial charge in [0, 0.05) is 51.8 Å². The number of carbonyl (C=O) groups excluding carboxylic acids is 3. The molecule has 1 N–H and O–H groups in total. The number of carbonyl (C=O) groups is 3. The molecule has 2 saturated heterocycles. The highest BCUT2D eigenvalue weighted by molar-refractivity contribution is 6.16. The van der Waals surface area contributed by atoms with Crippen molar-refractivity contribution in [1.82, 2.24) is 10.2 Å². The molecule has 0 aromatic heterocycles. The predicted octanol–water partition coefficient (Wildman–Crippen LogP) is 0.937. The van der Waals surface area contributed by atoms with Gasteiger partial charge in [-0.15, -0.1) is 0 Å². The van der Waals surface area contributed by atoms with Crippen LogP contribution < -0.4 is 10.2 Å². The van der Waals surface area contributed by atoms with Crippen molar-refractivity contribution >= 4 is 23.4 Å². The average Bonchev–Trinajstić information content (AvgIpc) is 3.23. The number of methoxy groups -OCH3 is 1. The number of nitrogens with one attached hydrogen (secondary N) is 1. The van der Waals surface area contributed by atoms with Gasteiger partial charge in [0.15, 0.2) is 0 Å². The number of hydrogen-bond acceptors (Lipinski definition) is 4. The highest BCUT2D eigenvalue weighted by Crippen LogP contribution is 2.31. The molecule has 140 valence electrons. The van der Waals surface area contributed by atoms with Crippen LogP contribution >= 0.6 is 0 Å². The van der Waals surface area contributed by atoms with E-state index in [9.17, 15) is 14.4 Å². The first kappa shape index (κ1) is 18.4. The lowest BCUT2D eigenvalue weighted by molar-refractivity contribution is -0.152. The molecule has 7 heteroatoms. The van der Waals surface area contributed by atoms with Crippen LogP contribution in [-0.4, -0.2) is 61.5 Å². The number of rotatable bonds is 7. The summed E-state index contributed by atoms with van der Waals surface area (Å²) in [6.45, 7) is 2.27. The van der Waals surface area contributed by atoms with Crippen molar-refractivity contribution in [3.8, 4) is 0 Å². The molecular formula is C19H25N3O4. The molecule has 0 saturated carbocycles. The van der Waals surface area contributed by atoms with E-state index in [0.29, 0.717) is 38.9 Å². The van der Waals surface area contributed by atoms with Crippen molar-refractivity contribution in [3.05, 3.63) is 30.3 Å². The van der Waals surface area contributed by atoms with E-state index in [2.05, 4.69) is 5.32 Å². The Morgan fingerprint density at radius 2 is 2.00 bits per heavy atom. The van der Waals surface area contributed by atoms with Gasteiger partial charge in [0.25, 0.3) is 11.8 Å². The lowest BCUT2D eigenvalue weighted by atomic mass is 10.0. The summed E-state index contributed by atoms with van der Waals surface area (Å²) in [5.41, 5.74) is -0.712. The largest absolute Gasteiger partial charge is 0.359 e. The van der Waals surface area contributed by atoms with Gasteiger partial charge in [-0.25, -0.2) is 0 Å². The van der Waals surface area contributed by atoms with Crippen LogP contribution in [0.15, 0.2) is 30.3 Å². The lowest BCUT2D eigenvalue weighted by Gasteiger charge is -2.25. The Morgan fingerprint density at radius 3 is 2.65 bits per heavy atom. The minimum atomic E-state index is -1.47. The van der Waals surface area contributed by atoms with Gasteiger partial charge >= 0.3 is 0 Å². The van der Waals surface area contributed by atoms with Crippen molar-refractivity contribution < 1.29 is 19.1 Å². The molecule has 3 rings (SSSR count). The first-order valence-corrected chi connectivity index (χ1v) is 9.07. The SMILES string of the molecule is CO[C@]1(C(=O)NCCCN2CCCC2=O)CCN(c2ccccc2)C1=O. The second-order valence-electron chi connectivity index (χ2n) is 6.67. The maximum absolute atomic E-state index is 12.9. The van der Waals surface area contributed by atoms with Gasteiger partial charge < -0.3 is 19.9 Å². The van der Waals surface area contributed by atoms with Crippen LogP contribution in [0.25, 0.3) is 0 Å². The average molecular weight is 359 g/mol. The van der Waals surface area contributed by atoms with Crippen LogP contribution in [0.1, 0.15) is 25.7 Å². The van der Waals surface area contributed by atoms with E-state index < -0.39 is 11.5 Å². The smallest absolute Gasteiger partial charge is 0.269 e. The molecule has 1 aromatic carbocycles. The first-order valence-electron chi connectivity index (χ1n) is 9.07. The molecule has 0 unspecified atom stereocenters. The van der Waals surface area contributed by atoms with E-state index in [1.807, 2.05) is 35.2 Å². The number of para-hydroxylation sites is 1. The van der Waals surface area contributed by atoms with Crippen LogP contribution in [0.4, 0.5) is 5.69 Å². The van der Waals surface area contributed by atoms with Gasteiger partial charge in [0.2, 0.25) is 11.5 Å². The third kappa shape index (κ3) is 3.44. The van der Waals surface area contributed by atoms with Gasteiger partial charge in [-0.1, -0.05) is 18.2 Å². The molecular weight excluding hydrogens is 334 g/mol. The predicted molar refractivity (Wildman–Crippen MR) is 96.6 cm³/mol.